The lowest BCUT2D eigenvalue weighted by Gasteiger charge is -2.61. The summed E-state index contributed by atoms with van der Waals surface area (Å²) in [6.07, 6.45) is 7.16. The van der Waals surface area contributed by atoms with E-state index in [1.807, 2.05) is 11.3 Å². The van der Waals surface area contributed by atoms with Gasteiger partial charge in [0.15, 0.2) is 0 Å². The number of hydrogen-bond donors (Lipinski definition) is 0. The first-order valence-electron chi connectivity index (χ1n) is 17.2. The highest BCUT2D eigenvalue weighted by molar-refractivity contribution is 7.25. The van der Waals surface area contributed by atoms with E-state index in [1.165, 1.54) is 91.2 Å². The molecule has 0 unspecified atom stereocenters. The summed E-state index contributed by atoms with van der Waals surface area (Å²) in [5.41, 5.74) is 10.0. The zero-order chi connectivity index (χ0) is 30.0. The van der Waals surface area contributed by atoms with E-state index in [0.29, 0.717) is 0 Å². The maximum absolute atomic E-state index is 2.56. The maximum Gasteiger partial charge on any atom is 0.0468 e. The van der Waals surface area contributed by atoms with Gasteiger partial charge in [-0.3, -0.25) is 0 Å². The van der Waals surface area contributed by atoms with E-state index in [0.717, 1.165) is 23.7 Å². The van der Waals surface area contributed by atoms with Crippen molar-refractivity contribution in [2.75, 3.05) is 4.90 Å². The fraction of sp³-hybridized carbons (Fsp3) is 0.227. The largest absolute Gasteiger partial charge is 0.310 e. The normalized spacial score (nSPS) is 25.5. The molecule has 1 spiro atoms. The molecule has 1 heterocycles. The molecule has 0 N–H and O–H groups in total. The van der Waals surface area contributed by atoms with Gasteiger partial charge < -0.3 is 4.90 Å². The van der Waals surface area contributed by atoms with E-state index in [1.54, 1.807) is 11.1 Å². The Morgan fingerprint density at radius 2 is 1.11 bits per heavy atom. The fourth-order valence-corrected chi connectivity index (χ4v) is 12.0. The molecule has 0 saturated heterocycles. The van der Waals surface area contributed by atoms with Crippen LogP contribution in [0.4, 0.5) is 17.1 Å². The molecule has 12 rings (SSSR count). The molecule has 0 radical (unpaired) electrons. The Kier molecular flexibility index (Phi) is 5.22. The van der Waals surface area contributed by atoms with Crippen molar-refractivity contribution in [1.82, 2.24) is 0 Å². The van der Waals surface area contributed by atoms with Gasteiger partial charge in [-0.1, -0.05) is 78.9 Å². The SMILES string of the molecule is c1ccc2c(c1)-c1cc(N(c3ccc4ccccc4c3)c3ccc4sc5ccccc5c4c3)ccc1C21C2CC3CC(C2)CC1C3. The van der Waals surface area contributed by atoms with Crippen molar-refractivity contribution < 1.29 is 0 Å². The summed E-state index contributed by atoms with van der Waals surface area (Å²) in [7, 11) is 0. The van der Waals surface area contributed by atoms with Crippen LogP contribution in [-0.2, 0) is 5.41 Å². The van der Waals surface area contributed by atoms with Crippen molar-refractivity contribution in [3.05, 3.63) is 139 Å². The first kappa shape index (κ1) is 25.8. The third kappa shape index (κ3) is 3.41. The Labute approximate surface area is 274 Å². The first-order chi connectivity index (χ1) is 22.7. The summed E-state index contributed by atoms with van der Waals surface area (Å²) in [6, 6.07) is 48.6. The van der Waals surface area contributed by atoms with Crippen LogP contribution in [0.2, 0.25) is 0 Å². The number of anilines is 3. The quantitative estimate of drug-likeness (QED) is 0.193. The molecule has 4 fully saturated rings. The lowest BCUT2D eigenvalue weighted by molar-refractivity contribution is -0.0399. The average molecular weight is 610 g/mol. The van der Waals surface area contributed by atoms with Gasteiger partial charge in [-0.2, -0.15) is 0 Å². The second-order valence-corrected chi connectivity index (χ2v) is 15.7. The number of fused-ring (bicyclic) bond motifs is 7. The molecule has 2 heteroatoms. The van der Waals surface area contributed by atoms with E-state index in [4.69, 9.17) is 0 Å². The molecule has 46 heavy (non-hydrogen) atoms. The predicted molar refractivity (Wildman–Crippen MR) is 195 cm³/mol. The molecule has 5 aliphatic carbocycles. The molecule has 0 atom stereocenters. The second kappa shape index (κ2) is 9.33. The van der Waals surface area contributed by atoms with E-state index in [2.05, 4.69) is 132 Å². The van der Waals surface area contributed by atoms with Crippen LogP contribution in [0.3, 0.4) is 0 Å². The molecule has 5 aliphatic rings. The summed E-state index contributed by atoms with van der Waals surface area (Å²) in [5.74, 6) is 3.47. The Balaban J connectivity index is 1.14. The highest BCUT2D eigenvalue weighted by Gasteiger charge is 2.61. The minimum atomic E-state index is 0.195. The molecule has 4 saturated carbocycles. The summed E-state index contributed by atoms with van der Waals surface area (Å²) in [5, 5.41) is 5.22. The lowest BCUT2D eigenvalue weighted by Crippen LogP contribution is -2.55. The Morgan fingerprint density at radius 1 is 0.478 bits per heavy atom. The highest BCUT2D eigenvalue weighted by atomic mass is 32.1. The molecule has 7 aromatic rings. The van der Waals surface area contributed by atoms with Gasteiger partial charge in [0.25, 0.3) is 0 Å². The van der Waals surface area contributed by atoms with Gasteiger partial charge in [-0.15, -0.1) is 11.3 Å². The predicted octanol–water partition coefficient (Wildman–Crippen LogP) is 12.4. The van der Waals surface area contributed by atoms with Crippen LogP contribution >= 0.6 is 11.3 Å². The minimum absolute atomic E-state index is 0.195. The van der Waals surface area contributed by atoms with Crippen LogP contribution < -0.4 is 4.90 Å². The van der Waals surface area contributed by atoms with Gasteiger partial charge in [0, 0.05) is 42.6 Å². The summed E-state index contributed by atoms with van der Waals surface area (Å²) in [4.78, 5) is 2.50. The summed E-state index contributed by atoms with van der Waals surface area (Å²) in [6.45, 7) is 0. The number of nitrogens with zero attached hydrogens (tertiary/aromatic N) is 1. The summed E-state index contributed by atoms with van der Waals surface area (Å²) < 4.78 is 2.69. The van der Waals surface area contributed by atoms with Crippen molar-refractivity contribution in [2.24, 2.45) is 23.7 Å². The molecule has 1 aromatic heterocycles. The Morgan fingerprint density at radius 3 is 1.98 bits per heavy atom. The first-order valence-corrected chi connectivity index (χ1v) is 18.0. The van der Waals surface area contributed by atoms with Crippen molar-refractivity contribution in [1.29, 1.82) is 0 Å². The van der Waals surface area contributed by atoms with Crippen LogP contribution in [0.25, 0.3) is 42.1 Å². The molecule has 0 aliphatic heterocycles. The van der Waals surface area contributed by atoms with Gasteiger partial charge >= 0.3 is 0 Å². The second-order valence-electron chi connectivity index (χ2n) is 14.6. The van der Waals surface area contributed by atoms with Gasteiger partial charge in [0.2, 0.25) is 0 Å². The van der Waals surface area contributed by atoms with Crippen molar-refractivity contribution in [3.63, 3.8) is 0 Å². The Bertz CT molecular complexity index is 2330. The van der Waals surface area contributed by atoms with Gasteiger partial charge in [0.05, 0.1) is 0 Å². The van der Waals surface area contributed by atoms with Crippen LogP contribution in [0.15, 0.2) is 127 Å². The smallest absolute Gasteiger partial charge is 0.0468 e. The third-order valence-electron chi connectivity index (χ3n) is 12.4. The molecule has 1 nitrogen and oxygen atoms in total. The van der Waals surface area contributed by atoms with Crippen LogP contribution in [0.5, 0.6) is 0 Å². The molecule has 4 bridgehead atoms. The Hall–Kier alpha value is -4.40. The number of benzene rings is 6. The van der Waals surface area contributed by atoms with Crippen molar-refractivity contribution in [3.8, 4) is 11.1 Å². The topological polar surface area (TPSA) is 3.24 Å². The molecule has 6 aromatic carbocycles. The van der Waals surface area contributed by atoms with Gasteiger partial charge in [-0.25, -0.2) is 0 Å². The van der Waals surface area contributed by atoms with Crippen LogP contribution in [-0.4, -0.2) is 0 Å². The van der Waals surface area contributed by atoms with Crippen LogP contribution in [0.1, 0.15) is 43.2 Å². The lowest BCUT2D eigenvalue weighted by atomic mass is 9.43. The van der Waals surface area contributed by atoms with E-state index < -0.39 is 0 Å². The maximum atomic E-state index is 2.56. The average Bonchev–Trinajstić information content (AvgIpc) is 3.60. The van der Waals surface area contributed by atoms with E-state index in [-0.39, 0.29) is 5.41 Å². The van der Waals surface area contributed by atoms with E-state index >= 15 is 0 Å². The van der Waals surface area contributed by atoms with E-state index in [9.17, 15) is 0 Å². The molecular formula is C44H35NS. The third-order valence-corrected chi connectivity index (χ3v) is 13.6. The van der Waals surface area contributed by atoms with Gasteiger partial charge in [0.1, 0.15) is 0 Å². The molecule has 0 amide bonds. The van der Waals surface area contributed by atoms with Crippen molar-refractivity contribution in [2.45, 2.75) is 37.5 Å². The zero-order valence-corrected chi connectivity index (χ0v) is 26.6. The standard InChI is InChI=1S/C44H35NS/c1-2-8-30-24-33(14-13-29(30)7-1)45(35-16-18-43-39(26-35)37-10-4-6-12-42(37)46-43)34-15-17-41-38(25-34)36-9-3-5-11-40(36)44(41)31-20-27-19-28(22-31)23-32(44)21-27/h1-18,24-28,31-32H,19-23H2. The number of thiophene rings is 1. The molecule has 222 valence electrons. The number of rotatable bonds is 3. The monoisotopic (exact) mass is 609 g/mol. The number of hydrogen-bond acceptors (Lipinski definition) is 2. The fourth-order valence-electron chi connectivity index (χ4n) is 10.9. The molecular weight excluding hydrogens is 575 g/mol. The highest BCUT2D eigenvalue weighted by Crippen LogP contribution is 2.69. The van der Waals surface area contributed by atoms with Crippen molar-refractivity contribution >= 4 is 59.3 Å². The zero-order valence-electron chi connectivity index (χ0n) is 25.8. The van der Waals surface area contributed by atoms with Crippen LogP contribution in [0, 0.1) is 23.7 Å². The van der Waals surface area contributed by atoms with Gasteiger partial charge in [-0.05, 0) is 137 Å². The summed E-state index contributed by atoms with van der Waals surface area (Å²) >= 11 is 1.89. The minimum Gasteiger partial charge on any atom is -0.310 e.